The second-order valence-corrected chi connectivity index (χ2v) is 3.36. The van der Waals surface area contributed by atoms with Gasteiger partial charge in [0, 0.05) is 6.54 Å². The van der Waals surface area contributed by atoms with Gasteiger partial charge >= 0.3 is 6.16 Å². The zero-order valence-electron chi connectivity index (χ0n) is 7.62. The van der Waals surface area contributed by atoms with Gasteiger partial charge < -0.3 is 14.3 Å². The van der Waals surface area contributed by atoms with Gasteiger partial charge in [-0.15, -0.1) is 5.06 Å². The summed E-state index contributed by atoms with van der Waals surface area (Å²) in [6.45, 7) is 4.28. The largest absolute Gasteiger partial charge is 0.527 e. The van der Waals surface area contributed by atoms with Crippen LogP contribution in [-0.4, -0.2) is 43.1 Å². The number of carbonyl (C=O) groups is 1. The van der Waals surface area contributed by atoms with Gasteiger partial charge in [-0.3, -0.25) is 0 Å². The maximum atomic E-state index is 10.9. The summed E-state index contributed by atoms with van der Waals surface area (Å²) in [7, 11) is 0. The minimum atomic E-state index is -0.625. The number of hydroxylamine groups is 2. The molecule has 2 aliphatic heterocycles. The topological polar surface area (TPSA) is 51.3 Å². The van der Waals surface area contributed by atoms with Crippen molar-refractivity contribution in [3.63, 3.8) is 0 Å². The predicted molar refractivity (Wildman–Crippen MR) is 43.0 cm³/mol. The smallest absolute Gasteiger partial charge is 0.433 e. The van der Waals surface area contributed by atoms with Crippen molar-refractivity contribution in [1.82, 2.24) is 5.06 Å². The monoisotopic (exact) mass is 187 g/mol. The van der Waals surface area contributed by atoms with E-state index in [1.165, 1.54) is 0 Å². The molecule has 0 aliphatic carbocycles. The van der Waals surface area contributed by atoms with Crippen molar-refractivity contribution in [2.75, 3.05) is 26.3 Å². The first-order chi connectivity index (χ1) is 6.24. The van der Waals surface area contributed by atoms with Gasteiger partial charge in [0.25, 0.3) is 0 Å². The number of epoxide rings is 1. The van der Waals surface area contributed by atoms with Crippen molar-refractivity contribution < 1.29 is 19.1 Å². The number of rotatable bonds is 2. The van der Waals surface area contributed by atoms with Gasteiger partial charge in [-0.25, -0.2) is 4.79 Å². The van der Waals surface area contributed by atoms with Crippen LogP contribution in [0.2, 0.25) is 0 Å². The van der Waals surface area contributed by atoms with E-state index in [-0.39, 0.29) is 5.60 Å². The van der Waals surface area contributed by atoms with Crippen molar-refractivity contribution in [2.45, 2.75) is 18.9 Å². The van der Waals surface area contributed by atoms with E-state index >= 15 is 0 Å². The minimum Gasteiger partial charge on any atom is -0.433 e. The second-order valence-electron chi connectivity index (χ2n) is 3.36. The third kappa shape index (κ3) is 1.92. The molecule has 0 aromatic rings. The van der Waals surface area contributed by atoms with E-state index in [0.29, 0.717) is 13.2 Å². The van der Waals surface area contributed by atoms with Crippen LogP contribution >= 0.6 is 0 Å². The van der Waals surface area contributed by atoms with Crippen LogP contribution in [0.1, 0.15) is 13.3 Å². The molecule has 0 saturated carbocycles. The number of hydrogen-bond acceptors (Lipinski definition) is 5. The summed E-state index contributed by atoms with van der Waals surface area (Å²) in [6.07, 6.45) is 0.312. The molecule has 1 spiro atoms. The number of hydrogen-bond donors (Lipinski definition) is 0. The second kappa shape index (κ2) is 3.16. The quantitative estimate of drug-likeness (QED) is 0.466. The summed E-state index contributed by atoms with van der Waals surface area (Å²) in [5, 5.41) is 1.60. The Morgan fingerprint density at radius 3 is 3.00 bits per heavy atom. The molecule has 0 amide bonds. The summed E-state index contributed by atoms with van der Waals surface area (Å²) < 4.78 is 9.90. The molecule has 74 valence electrons. The van der Waals surface area contributed by atoms with Gasteiger partial charge in [0.1, 0.15) is 5.60 Å². The first-order valence-corrected chi connectivity index (χ1v) is 4.48. The zero-order valence-corrected chi connectivity index (χ0v) is 7.62. The molecule has 1 atom stereocenters. The van der Waals surface area contributed by atoms with Crippen LogP contribution in [0.4, 0.5) is 4.79 Å². The number of carbonyl (C=O) groups excluding carboxylic acids is 1. The normalized spacial score (nSPS) is 32.1. The Morgan fingerprint density at radius 1 is 1.69 bits per heavy atom. The average molecular weight is 187 g/mol. The van der Waals surface area contributed by atoms with Crippen LogP contribution in [0.3, 0.4) is 0 Å². The Bertz CT molecular complexity index is 214. The molecule has 5 nitrogen and oxygen atoms in total. The lowest BCUT2D eigenvalue weighted by Gasteiger charge is -2.13. The molecular formula is C8H13NO4. The van der Waals surface area contributed by atoms with Gasteiger partial charge in [0.05, 0.1) is 19.8 Å². The van der Waals surface area contributed by atoms with Gasteiger partial charge in [0.15, 0.2) is 0 Å². The summed E-state index contributed by atoms with van der Waals surface area (Å²) >= 11 is 0. The third-order valence-electron chi connectivity index (χ3n) is 2.30. The molecule has 2 fully saturated rings. The Hall–Kier alpha value is -0.810. The lowest BCUT2D eigenvalue weighted by molar-refractivity contribution is -0.114. The molecule has 0 radical (unpaired) electrons. The van der Waals surface area contributed by atoms with E-state index in [1.807, 2.05) is 0 Å². The molecule has 1 unspecified atom stereocenters. The van der Waals surface area contributed by atoms with E-state index in [9.17, 15) is 4.79 Å². The van der Waals surface area contributed by atoms with Crippen molar-refractivity contribution >= 4 is 6.16 Å². The Kier molecular flexibility index (Phi) is 2.13. The molecule has 2 saturated heterocycles. The standard InChI is InChI=1S/C8H13NO4/c1-2-11-7(10)13-9-4-3-8(5-9)6-12-8/h2-6H2,1H3. The first-order valence-electron chi connectivity index (χ1n) is 4.48. The van der Waals surface area contributed by atoms with E-state index in [2.05, 4.69) is 4.74 Å². The molecule has 13 heavy (non-hydrogen) atoms. The first kappa shape index (κ1) is 8.77. The molecule has 0 bridgehead atoms. The highest BCUT2D eigenvalue weighted by Gasteiger charge is 2.51. The van der Waals surface area contributed by atoms with Crippen LogP contribution in [0.15, 0.2) is 0 Å². The Balaban J connectivity index is 1.74. The van der Waals surface area contributed by atoms with Gasteiger partial charge in [-0.1, -0.05) is 0 Å². The van der Waals surface area contributed by atoms with Gasteiger partial charge in [-0.2, -0.15) is 0 Å². The Morgan fingerprint density at radius 2 is 2.46 bits per heavy atom. The van der Waals surface area contributed by atoms with Crippen molar-refractivity contribution in [3.8, 4) is 0 Å². The molecule has 5 heteroatoms. The zero-order chi connectivity index (χ0) is 9.31. The van der Waals surface area contributed by atoms with Gasteiger partial charge in [-0.05, 0) is 13.3 Å². The molecule has 0 N–H and O–H groups in total. The summed E-state index contributed by atoms with van der Waals surface area (Å²) in [5.41, 5.74) is -0.00745. The van der Waals surface area contributed by atoms with E-state index in [1.54, 1.807) is 12.0 Å². The van der Waals surface area contributed by atoms with Crippen LogP contribution in [-0.2, 0) is 14.3 Å². The van der Waals surface area contributed by atoms with Crippen LogP contribution < -0.4 is 0 Å². The Labute approximate surface area is 76.5 Å². The molecular weight excluding hydrogens is 174 g/mol. The molecule has 0 aromatic carbocycles. The van der Waals surface area contributed by atoms with E-state index in [0.717, 1.165) is 19.6 Å². The van der Waals surface area contributed by atoms with E-state index < -0.39 is 6.16 Å². The SMILES string of the molecule is CCOC(=O)ON1CCC2(CO2)C1. The van der Waals surface area contributed by atoms with Crippen molar-refractivity contribution in [2.24, 2.45) is 0 Å². The molecule has 2 heterocycles. The lowest BCUT2D eigenvalue weighted by atomic mass is 10.1. The van der Waals surface area contributed by atoms with Crippen LogP contribution in [0.25, 0.3) is 0 Å². The fourth-order valence-corrected chi connectivity index (χ4v) is 1.47. The molecule has 0 aromatic heterocycles. The van der Waals surface area contributed by atoms with Crippen molar-refractivity contribution in [3.05, 3.63) is 0 Å². The summed E-state index contributed by atoms with van der Waals surface area (Å²) in [6, 6.07) is 0. The fraction of sp³-hybridized carbons (Fsp3) is 0.875. The maximum Gasteiger partial charge on any atom is 0.527 e. The highest BCUT2D eigenvalue weighted by Crippen LogP contribution is 2.36. The van der Waals surface area contributed by atoms with Crippen LogP contribution in [0.5, 0.6) is 0 Å². The molecule has 2 aliphatic rings. The van der Waals surface area contributed by atoms with E-state index in [4.69, 9.17) is 9.57 Å². The van der Waals surface area contributed by atoms with Crippen LogP contribution in [0, 0.1) is 0 Å². The number of nitrogens with zero attached hydrogens (tertiary/aromatic N) is 1. The fourth-order valence-electron chi connectivity index (χ4n) is 1.47. The summed E-state index contributed by atoms with van der Waals surface area (Å²) in [4.78, 5) is 15.8. The third-order valence-corrected chi connectivity index (χ3v) is 2.30. The number of ether oxygens (including phenoxy) is 2. The molecule has 2 rings (SSSR count). The van der Waals surface area contributed by atoms with Gasteiger partial charge in [0.2, 0.25) is 0 Å². The summed E-state index contributed by atoms with van der Waals surface area (Å²) in [5.74, 6) is 0. The predicted octanol–water partition coefficient (Wildman–Crippen LogP) is 0.549. The maximum absolute atomic E-state index is 10.9. The minimum absolute atomic E-state index is 0.00745. The highest BCUT2D eigenvalue weighted by molar-refractivity contribution is 5.59. The lowest BCUT2D eigenvalue weighted by Crippen LogP contribution is -2.27. The van der Waals surface area contributed by atoms with Crippen molar-refractivity contribution in [1.29, 1.82) is 0 Å². The highest BCUT2D eigenvalue weighted by atomic mass is 16.8. The average Bonchev–Trinajstić information content (AvgIpc) is 2.69.